The largest absolute Gasteiger partial charge is 0.482 e. The van der Waals surface area contributed by atoms with Gasteiger partial charge in [0.1, 0.15) is 5.75 Å². The van der Waals surface area contributed by atoms with E-state index in [-0.39, 0.29) is 13.2 Å². The van der Waals surface area contributed by atoms with Crippen molar-refractivity contribution in [3.05, 3.63) is 70.3 Å². The predicted octanol–water partition coefficient (Wildman–Crippen LogP) is 3.39. The average molecular weight is 461 g/mol. The molecule has 1 atom stereocenters. The lowest BCUT2D eigenvalue weighted by Crippen LogP contribution is -2.45. The third-order valence-corrected chi connectivity index (χ3v) is 4.94. The second kappa shape index (κ2) is 10.3. The molecule has 0 aliphatic carbocycles. The molecule has 3 rings (SSSR count). The summed E-state index contributed by atoms with van der Waals surface area (Å²) in [5.41, 5.74) is 2.12. The molecule has 0 amide bonds. The predicted molar refractivity (Wildman–Crippen MR) is 121 cm³/mol. The van der Waals surface area contributed by atoms with Gasteiger partial charge in [-0.3, -0.25) is 0 Å². The van der Waals surface area contributed by atoms with Gasteiger partial charge in [-0.25, -0.2) is 9.59 Å². The van der Waals surface area contributed by atoms with E-state index in [1.807, 2.05) is 30.3 Å². The molecule has 2 aromatic carbocycles. The number of benzene rings is 2. The van der Waals surface area contributed by atoms with Crippen molar-refractivity contribution in [1.29, 1.82) is 0 Å². The van der Waals surface area contributed by atoms with Crippen molar-refractivity contribution in [2.24, 2.45) is 0 Å². The maximum Gasteiger partial charge on any atom is 0.343 e. The Hall–Kier alpha value is -3.10. The number of hydrogen-bond acceptors (Lipinski definition) is 6. The minimum atomic E-state index is -0.727. The maximum absolute atomic E-state index is 13.0. The Kier molecular flexibility index (Phi) is 7.49. The quantitative estimate of drug-likeness (QED) is 0.480. The summed E-state index contributed by atoms with van der Waals surface area (Å²) in [7, 11) is 1.27. The molecule has 0 radical (unpaired) electrons. The van der Waals surface area contributed by atoms with E-state index in [4.69, 9.17) is 33.3 Å². The van der Waals surface area contributed by atoms with Crippen molar-refractivity contribution >= 4 is 46.6 Å². The molecule has 7 nitrogen and oxygen atoms in total. The van der Waals surface area contributed by atoms with E-state index in [0.29, 0.717) is 32.7 Å². The van der Waals surface area contributed by atoms with E-state index < -0.39 is 18.0 Å². The Morgan fingerprint density at radius 2 is 1.90 bits per heavy atom. The van der Waals surface area contributed by atoms with Crippen molar-refractivity contribution in [3.8, 4) is 5.75 Å². The summed E-state index contributed by atoms with van der Waals surface area (Å²) in [5, 5.41) is 6.91. The molecule has 2 N–H and O–H groups in total. The van der Waals surface area contributed by atoms with Crippen molar-refractivity contribution in [1.82, 2.24) is 10.6 Å². The molecular weight excluding hydrogens is 440 g/mol. The van der Waals surface area contributed by atoms with Gasteiger partial charge in [0, 0.05) is 10.6 Å². The first kappa shape index (κ1) is 22.6. The Balaban J connectivity index is 2.16. The number of rotatable bonds is 7. The first-order chi connectivity index (χ1) is 14.9. The molecular formula is C22H21ClN2O5S. The molecule has 162 valence electrons. The molecule has 0 fully saturated rings. The Morgan fingerprint density at radius 1 is 1.16 bits per heavy atom. The Bertz CT molecular complexity index is 1030. The van der Waals surface area contributed by atoms with Gasteiger partial charge in [-0.05, 0) is 42.9 Å². The number of nitrogens with one attached hydrogen (secondary N) is 2. The third-order valence-electron chi connectivity index (χ3n) is 4.49. The Morgan fingerprint density at radius 3 is 2.58 bits per heavy atom. The molecule has 1 unspecified atom stereocenters. The van der Waals surface area contributed by atoms with Crippen LogP contribution in [-0.4, -0.2) is 37.4 Å². The SMILES string of the molecule is CCOC(=O)C1=C(c2ccccc2)NC(=S)NC1c1cc(Cl)ccc1OCC(=O)OC. The van der Waals surface area contributed by atoms with Crippen LogP contribution in [0.2, 0.25) is 5.02 Å². The van der Waals surface area contributed by atoms with Gasteiger partial charge in [-0.15, -0.1) is 0 Å². The van der Waals surface area contributed by atoms with E-state index in [9.17, 15) is 9.59 Å². The van der Waals surface area contributed by atoms with Gasteiger partial charge >= 0.3 is 11.9 Å². The summed E-state index contributed by atoms with van der Waals surface area (Å²) in [4.78, 5) is 24.6. The third kappa shape index (κ3) is 5.34. The van der Waals surface area contributed by atoms with Gasteiger partial charge < -0.3 is 24.8 Å². The van der Waals surface area contributed by atoms with Crippen molar-refractivity contribution in [2.45, 2.75) is 13.0 Å². The summed E-state index contributed by atoms with van der Waals surface area (Å²) >= 11 is 11.7. The van der Waals surface area contributed by atoms with E-state index in [1.54, 1.807) is 25.1 Å². The summed E-state index contributed by atoms with van der Waals surface area (Å²) in [6.45, 7) is 1.63. The number of ether oxygens (including phenoxy) is 3. The minimum absolute atomic E-state index is 0.197. The first-order valence-corrected chi connectivity index (χ1v) is 10.3. The normalized spacial score (nSPS) is 15.6. The van der Waals surface area contributed by atoms with Gasteiger partial charge in [0.15, 0.2) is 11.7 Å². The molecule has 0 spiro atoms. The molecule has 1 aliphatic rings. The van der Waals surface area contributed by atoms with Crippen LogP contribution in [-0.2, 0) is 19.1 Å². The highest BCUT2D eigenvalue weighted by atomic mass is 35.5. The fourth-order valence-electron chi connectivity index (χ4n) is 3.13. The summed E-state index contributed by atoms with van der Waals surface area (Å²) in [6, 6.07) is 13.5. The van der Waals surface area contributed by atoms with Crippen LogP contribution in [0, 0.1) is 0 Å². The van der Waals surface area contributed by atoms with Gasteiger partial charge in [0.2, 0.25) is 0 Å². The summed E-state index contributed by atoms with van der Waals surface area (Å²) in [6.07, 6.45) is 0. The number of halogens is 1. The van der Waals surface area contributed by atoms with Crippen LogP contribution >= 0.6 is 23.8 Å². The molecule has 0 aromatic heterocycles. The highest BCUT2D eigenvalue weighted by molar-refractivity contribution is 7.80. The van der Waals surface area contributed by atoms with Crippen LogP contribution in [0.25, 0.3) is 5.70 Å². The number of thiocarbonyl (C=S) groups is 1. The van der Waals surface area contributed by atoms with E-state index in [1.165, 1.54) is 7.11 Å². The fraction of sp³-hybridized carbons (Fsp3) is 0.227. The van der Waals surface area contributed by atoms with Crippen LogP contribution in [0.1, 0.15) is 24.1 Å². The van der Waals surface area contributed by atoms with E-state index in [0.717, 1.165) is 5.56 Å². The lowest BCUT2D eigenvalue weighted by atomic mass is 9.92. The molecule has 0 saturated carbocycles. The molecule has 31 heavy (non-hydrogen) atoms. The standard InChI is InChI=1S/C22H21ClN2O5S/c1-3-29-21(27)18-19(13-7-5-4-6-8-13)24-22(31)25-20(18)15-11-14(23)9-10-16(15)30-12-17(26)28-2/h4-11,20H,3,12H2,1-2H3,(H2,24,25,31). The van der Waals surface area contributed by atoms with Crippen LogP contribution in [0.15, 0.2) is 54.1 Å². The summed E-state index contributed by atoms with van der Waals surface area (Å²) < 4.78 is 15.6. The highest BCUT2D eigenvalue weighted by Crippen LogP contribution is 2.37. The van der Waals surface area contributed by atoms with Gasteiger partial charge in [-0.1, -0.05) is 41.9 Å². The van der Waals surface area contributed by atoms with E-state index >= 15 is 0 Å². The molecule has 9 heteroatoms. The molecule has 0 saturated heterocycles. The second-order valence-electron chi connectivity index (χ2n) is 6.45. The van der Waals surface area contributed by atoms with Crippen LogP contribution in [0.3, 0.4) is 0 Å². The molecule has 1 heterocycles. The minimum Gasteiger partial charge on any atom is -0.482 e. The van der Waals surface area contributed by atoms with Gasteiger partial charge in [0.05, 0.1) is 31.0 Å². The molecule has 1 aliphatic heterocycles. The van der Waals surface area contributed by atoms with Gasteiger partial charge in [-0.2, -0.15) is 0 Å². The molecule has 2 aromatic rings. The van der Waals surface area contributed by atoms with Crippen molar-refractivity contribution in [3.63, 3.8) is 0 Å². The number of carbonyl (C=O) groups is 2. The van der Waals surface area contributed by atoms with Gasteiger partial charge in [0.25, 0.3) is 0 Å². The first-order valence-electron chi connectivity index (χ1n) is 9.47. The average Bonchev–Trinajstić information content (AvgIpc) is 2.78. The van der Waals surface area contributed by atoms with Crippen LogP contribution in [0.5, 0.6) is 5.75 Å². The number of hydrogen-bond donors (Lipinski definition) is 2. The lowest BCUT2D eigenvalue weighted by Gasteiger charge is -2.32. The Labute approximate surface area is 190 Å². The number of methoxy groups -OCH3 is 1. The highest BCUT2D eigenvalue weighted by Gasteiger charge is 2.35. The van der Waals surface area contributed by atoms with Crippen LogP contribution in [0.4, 0.5) is 0 Å². The van der Waals surface area contributed by atoms with Crippen LogP contribution < -0.4 is 15.4 Å². The number of carbonyl (C=O) groups excluding carboxylic acids is 2. The lowest BCUT2D eigenvalue weighted by molar-refractivity contribution is -0.143. The zero-order chi connectivity index (χ0) is 22.4. The second-order valence-corrected chi connectivity index (χ2v) is 7.30. The molecule has 0 bridgehead atoms. The smallest absolute Gasteiger partial charge is 0.343 e. The zero-order valence-corrected chi connectivity index (χ0v) is 18.5. The monoisotopic (exact) mass is 460 g/mol. The maximum atomic E-state index is 13.0. The topological polar surface area (TPSA) is 85.9 Å². The number of esters is 2. The summed E-state index contributed by atoms with van der Waals surface area (Å²) in [5.74, 6) is -0.709. The zero-order valence-electron chi connectivity index (χ0n) is 16.9. The van der Waals surface area contributed by atoms with E-state index in [2.05, 4.69) is 15.4 Å². The fourth-order valence-corrected chi connectivity index (χ4v) is 3.53. The van der Waals surface area contributed by atoms with Crippen molar-refractivity contribution < 1.29 is 23.8 Å². The van der Waals surface area contributed by atoms with Crippen molar-refractivity contribution in [2.75, 3.05) is 20.3 Å².